The lowest BCUT2D eigenvalue weighted by atomic mass is 9.95. The van der Waals surface area contributed by atoms with Crippen LogP contribution in [0.15, 0.2) is 48.9 Å². The summed E-state index contributed by atoms with van der Waals surface area (Å²) >= 11 is 0. The number of alkyl halides is 3. The van der Waals surface area contributed by atoms with E-state index in [1.54, 1.807) is 48.1 Å². The highest BCUT2D eigenvalue weighted by Gasteiger charge is 2.34. The molecule has 0 aliphatic carbocycles. The van der Waals surface area contributed by atoms with Crippen LogP contribution in [0.25, 0.3) is 17.3 Å². The zero-order valence-corrected chi connectivity index (χ0v) is 12.8. The largest absolute Gasteiger partial charge is 0.417 e. The van der Waals surface area contributed by atoms with Crippen molar-refractivity contribution in [3.8, 4) is 0 Å². The van der Waals surface area contributed by atoms with Crippen molar-refractivity contribution in [2.75, 3.05) is 0 Å². The number of hydrogen-bond acceptors (Lipinski definition) is 1. The quantitative estimate of drug-likeness (QED) is 0.583. The lowest BCUT2D eigenvalue weighted by Gasteiger charge is -2.15. The molecular weight excluding hydrogens is 320 g/mol. The smallest absolute Gasteiger partial charge is 0.307 e. The van der Waals surface area contributed by atoms with E-state index in [2.05, 4.69) is 4.98 Å². The number of imidazole rings is 1. The van der Waals surface area contributed by atoms with Gasteiger partial charge in [0.2, 0.25) is 0 Å². The van der Waals surface area contributed by atoms with Crippen LogP contribution in [0.2, 0.25) is 0 Å². The SMILES string of the molecule is CC/C(=C\c1ccc2nccn2c1)c1ccc(F)cc1C(F)(F)F. The van der Waals surface area contributed by atoms with E-state index < -0.39 is 17.6 Å². The van der Waals surface area contributed by atoms with E-state index in [1.807, 2.05) is 0 Å². The van der Waals surface area contributed by atoms with Crippen molar-refractivity contribution in [1.82, 2.24) is 9.38 Å². The maximum atomic E-state index is 13.3. The maximum Gasteiger partial charge on any atom is 0.417 e. The third-order valence-corrected chi connectivity index (χ3v) is 3.77. The monoisotopic (exact) mass is 334 g/mol. The van der Waals surface area contributed by atoms with Gasteiger partial charge in [-0.25, -0.2) is 9.37 Å². The van der Waals surface area contributed by atoms with E-state index in [0.717, 1.165) is 17.3 Å². The second-order valence-corrected chi connectivity index (χ2v) is 5.37. The molecule has 0 aliphatic rings. The number of pyridine rings is 1. The number of halogens is 4. The van der Waals surface area contributed by atoms with Crippen molar-refractivity contribution < 1.29 is 17.6 Å². The van der Waals surface area contributed by atoms with Crippen LogP contribution in [0.5, 0.6) is 0 Å². The van der Waals surface area contributed by atoms with E-state index in [4.69, 9.17) is 0 Å². The van der Waals surface area contributed by atoms with Gasteiger partial charge in [0.1, 0.15) is 11.5 Å². The van der Waals surface area contributed by atoms with Gasteiger partial charge in [-0.1, -0.05) is 13.0 Å². The van der Waals surface area contributed by atoms with Crippen LogP contribution >= 0.6 is 0 Å². The molecule has 0 spiro atoms. The molecule has 0 saturated carbocycles. The number of nitrogens with zero attached hydrogens (tertiary/aromatic N) is 2. The summed E-state index contributed by atoms with van der Waals surface area (Å²) < 4.78 is 54.7. The molecule has 0 atom stereocenters. The number of benzene rings is 1. The first kappa shape index (κ1) is 16.2. The molecule has 0 radical (unpaired) electrons. The summed E-state index contributed by atoms with van der Waals surface area (Å²) in [6, 6.07) is 6.34. The van der Waals surface area contributed by atoms with Crippen molar-refractivity contribution in [1.29, 1.82) is 0 Å². The number of hydrogen-bond donors (Lipinski definition) is 0. The molecule has 0 unspecified atom stereocenters. The Balaban J connectivity index is 2.11. The van der Waals surface area contributed by atoms with Gasteiger partial charge < -0.3 is 4.40 Å². The Morgan fingerprint density at radius 1 is 1.21 bits per heavy atom. The van der Waals surface area contributed by atoms with Gasteiger partial charge in [-0.3, -0.25) is 0 Å². The van der Waals surface area contributed by atoms with Crippen LogP contribution in [0.1, 0.15) is 30.0 Å². The molecule has 0 fully saturated rings. The van der Waals surface area contributed by atoms with Crippen LogP contribution in [0, 0.1) is 5.82 Å². The summed E-state index contributed by atoms with van der Waals surface area (Å²) in [4.78, 5) is 4.13. The molecule has 0 bridgehead atoms. The number of fused-ring (bicyclic) bond motifs is 1. The lowest BCUT2D eigenvalue weighted by Crippen LogP contribution is -2.09. The fourth-order valence-electron chi connectivity index (χ4n) is 2.63. The molecule has 2 heterocycles. The molecule has 0 aliphatic heterocycles. The van der Waals surface area contributed by atoms with Gasteiger partial charge in [-0.05, 0) is 53.5 Å². The minimum absolute atomic E-state index is 0.00266. The first-order valence-corrected chi connectivity index (χ1v) is 7.39. The van der Waals surface area contributed by atoms with E-state index in [9.17, 15) is 17.6 Å². The second kappa shape index (κ2) is 6.11. The van der Waals surface area contributed by atoms with Gasteiger partial charge in [0.05, 0.1) is 5.56 Å². The fourth-order valence-corrected chi connectivity index (χ4v) is 2.63. The summed E-state index contributed by atoms with van der Waals surface area (Å²) in [6.07, 6.45) is 2.65. The Bertz CT molecular complexity index is 907. The van der Waals surface area contributed by atoms with E-state index >= 15 is 0 Å². The minimum atomic E-state index is -4.61. The third kappa shape index (κ3) is 3.18. The van der Waals surface area contributed by atoms with Gasteiger partial charge in [-0.2, -0.15) is 13.2 Å². The Morgan fingerprint density at radius 3 is 2.71 bits per heavy atom. The first-order valence-electron chi connectivity index (χ1n) is 7.39. The lowest BCUT2D eigenvalue weighted by molar-refractivity contribution is -0.138. The number of rotatable bonds is 3. The summed E-state index contributed by atoms with van der Waals surface area (Å²) in [6.45, 7) is 1.77. The molecule has 2 aromatic heterocycles. The highest BCUT2D eigenvalue weighted by atomic mass is 19.4. The zero-order valence-electron chi connectivity index (χ0n) is 12.8. The topological polar surface area (TPSA) is 17.3 Å². The standard InChI is InChI=1S/C18H14F4N2/c1-2-13(9-12-3-6-17-23-7-8-24(17)11-12)15-5-4-14(19)10-16(15)18(20,21)22/h3-11H,2H2,1H3/b13-9+. The summed E-state index contributed by atoms with van der Waals surface area (Å²) in [7, 11) is 0. The van der Waals surface area contributed by atoms with Crippen molar-refractivity contribution in [3.05, 3.63) is 71.4 Å². The average molecular weight is 334 g/mol. The predicted octanol–water partition coefficient (Wildman–Crippen LogP) is 5.44. The van der Waals surface area contributed by atoms with Crippen molar-refractivity contribution in [2.45, 2.75) is 19.5 Å². The Hall–Kier alpha value is -2.63. The third-order valence-electron chi connectivity index (χ3n) is 3.77. The van der Waals surface area contributed by atoms with Crippen LogP contribution < -0.4 is 0 Å². The van der Waals surface area contributed by atoms with Crippen LogP contribution in [0.4, 0.5) is 17.6 Å². The zero-order chi connectivity index (χ0) is 17.3. The Labute approximate surface area is 136 Å². The van der Waals surface area contributed by atoms with Gasteiger partial charge in [0, 0.05) is 18.6 Å². The maximum absolute atomic E-state index is 13.3. The Kier molecular flexibility index (Phi) is 4.13. The normalized spacial score (nSPS) is 12.8. The number of allylic oxidation sites excluding steroid dienone is 1. The summed E-state index contributed by atoms with van der Waals surface area (Å²) in [5, 5.41) is 0. The van der Waals surface area contributed by atoms with Crippen molar-refractivity contribution >= 4 is 17.3 Å². The molecule has 24 heavy (non-hydrogen) atoms. The highest BCUT2D eigenvalue weighted by molar-refractivity contribution is 5.83. The van der Waals surface area contributed by atoms with Crippen molar-refractivity contribution in [2.24, 2.45) is 0 Å². The molecule has 2 nitrogen and oxygen atoms in total. The van der Waals surface area contributed by atoms with Crippen molar-refractivity contribution in [3.63, 3.8) is 0 Å². The van der Waals surface area contributed by atoms with E-state index in [-0.39, 0.29) is 5.56 Å². The van der Waals surface area contributed by atoms with E-state index in [1.165, 1.54) is 6.07 Å². The average Bonchev–Trinajstić information content (AvgIpc) is 2.99. The number of aromatic nitrogens is 2. The van der Waals surface area contributed by atoms with Crippen LogP contribution in [-0.2, 0) is 6.18 Å². The minimum Gasteiger partial charge on any atom is -0.307 e. The molecule has 0 N–H and O–H groups in total. The van der Waals surface area contributed by atoms with E-state index in [0.29, 0.717) is 18.1 Å². The molecule has 3 aromatic rings. The molecule has 3 rings (SSSR count). The van der Waals surface area contributed by atoms with Gasteiger partial charge in [0.25, 0.3) is 0 Å². The second-order valence-electron chi connectivity index (χ2n) is 5.37. The molecule has 1 aromatic carbocycles. The first-order chi connectivity index (χ1) is 11.4. The molecule has 6 heteroatoms. The molecule has 0 amide bonds. The Morgan fingerprint density at radius 2 is 2.00 bits per heavy atom. The van der Waals surface area contributed by atoms with Crippen LogP contribution in [0.3, 0.4) is 0 Å². The molecular formula is C18H14F4N2. The summed E-state index contributed by atoms with van der Waals surface area (Å²) in [5.41, 5.74) is 1.02. The van der Waals surface area contributed by atoms with Gasteiger partial charge >= 0.3 is 6.18 Å². The fraction of sp³-hybridized carbons (Fsp3) is 0.167. The van der Waals surface area contributed by atoms with Gasteiger partial charge in [0.15, 0.2) is 0 Å². The summed E-state index contributed by atoms with van der Waals surface area (Å²) in [5.74, 6) is -0.902. The molecule has 0 saturated heterocycles. The van der Waals surface area contributed by atoms with Gasteiger partial charge in [-0.15, -0.1) is 0 Å². The molecule has 124 valence electrons. The van der Waals surface area contributed by atoms with Crippen LogP contribution in [-0.4, -0.2) is 9.38 Å². The predicted molar refractivity (Wildman–Crippen MR) is 84.8 cm³/mol. The highest BCUT2D eigenvalue weighted by Crippen LogP contribution is 2.37.